The highest BCUT2D eigenvalue weighted by Gasteiger charge is 2.45. The van der Waals surface area contributed by atoms with Crippen LogP contribution in [-0.4, -0.2) is 53.4 Å². The van der Waals surface area contributed by atoms with Gasteiger partial charge in [0.2, 0.25) is 0 Å². The van der Waals surface area contributed by atoms with Gasteiger partial charge < -0.3 is 9.47 Å². The molecule has 1 aliphatic heterocycles. The molecule has 0 spiro atoms. The summed E-state index contributed by atoms with van der Waals surface area (Å²) in [4.78, 5) is 25.2. The number of carbonyl (C=O) groups is 2. The molecule has 0 unspecified atom stereocenters. The van der Waals surface area contributed by atoms with Crippen molar-refractivity contribution in [2.45, 2.75) is 65.6 Å². The van der Waals surface area contributed by atoms with Crippen LogP contribution in [0.1, 0.15) is 46.6 Å². The highest BCUT2D eigenvalue weighted by Crippen LogP contribution is 2.33. The van der Waals surface area contributed by atoms with Gasteiger partial charge >= 0.3 is 12.1 Å². The molecule has 0 radical (unpaired) electrons. The van der Waals surface area contributed by atoms with Crippen LogP contribution >= 0.6 is 0 Å². The molecule has 0 N–H and O–H groups in total. The Morgan fingerprint density at radius 1 is 1.06 bits per heavy atom. The lowest BCUT2D eigenvalue weighted by molar-refractivity contribution is -0.144. The third kappa shape index (κ3) is 5.56. The Hall–Kier alpha value is -2.60. The fraction of sp³-hybridized carbons (Fsp3) is 0.520. The van der Waals surface area contributed by atoms with Crippen molar-refractivity contribution in [3.05, 3.63) is 48.0 Å². The second-order valence-electron chi connectivity index (χ2n) is 8.71. The van der Waals surface area contributed by atoms with E-state index in [1.54, 1.807) is 5.01 Å². The van der Waals surface area contributed by atoms with Gasteiger partial charge in [-0.25, -0.2) is 14.8 Å². The standard InChI is InChI=1S/C25H34N2O4/c1-6-30-24(28)15-22-16-26(25(29)31-18(4)5)27(17(2)3)23(22)14-19-11-12-20-9-7-8-10-21(20)13-19/h7-13,17-18,22-23H,6,14-16H2,1-5H3/t22-,23+/m0/s1. The summed E-state index contributed by atoms with van der Waals surface area (Å²) in [5.74, 6) is -0.258. The largest absolute Gasteiger partial charge is 0.466 e. The van der Waals surface area contributed by atoms with Crippen molar-refractivity contribution < 1.29 is 19.1 Å². The van der Waals surface area contributed by atoms with Gasteiger partial charge in [-0.05, 0) is 57.4 Å². The Kier molecular flexibility index (Phi) is 7.55. The summed E-state index contributed by atoms with van der Waals surface area (Å²) in [6, 6.07) is 14.8. The third-order valence-electron chi connectivity index (χ3n) is 5.64. The number of amides is 1. The Labute approximate surface area is 185 Å². The lowest BCUT2D eigenvalue weighted by atomic mass is 9.91. The van der Waals surface area contributed by atoms with E-state index >= 15 is 0 Å². The number of rotatable bonds is 7. The van der Waals surface area contributed by atoms with Gasteiger partial charge in [0, 0.05) is 24.5 Å². The van der Waals surface area contributed by atoms with Gasteiger partial charge in [0.25, 0.3) is 0 Å². The summed E-state index contributed by atoms with van der Waals surface area (Å²) in [6.07, 6.45) is 0.447. The lowest BCUT2D eigenvalue weighted by Gasteiger charge is -2.35. The maximum Gasteiger partial charge on any atom is 0.424 e. The number of hydrazine groups is 1. The molecule has 0 aliphatic carbocycles. The lowest BCUT2D eigenvalue weighted by Crippen LogP contribution is -2.50. The highest BCUT2D eigenvalue weighted by molar-refractivity contribution is 5.83. The summed E-state index contributed by atoms with van der Waals surface area (Å²) in [5, 5.41) is 6.15. The van der Waals surface area contributed by atoms with E-state index < -0.39 is 0 Å². The number of benzene rings is 2. The smallest absolute Gasteiger partial charge is 0.424 e. The minimum Gasteiger partial charge on any atom is -0.466 e. The Balaban J connectivity index is 1.91. The molecule has 6 nitrogen and oxygen atoms in total. The highest BCUT2D eigenvalue weighted by atomic mass is 16.6. The molecule has 6 heteroatoms. The van der Waals surface area contributed by atoms with Crippen LogP contribution in [0.25, 0.3) is 10.8 Å². The maximum atomic E-state index is 12.8. The number of hydrogen-bond acceptors (Lipinski definition) is 5. The molecule has 2 atom stereocenters. The van der Waals surface area contributed by atoms with E-state index in [4.69, 9.17) is 9.47 Å². The summed E-state index contributed by atoms with van der Waals surface area (Å²) in [5.41, 5.74) is 1.18. The zero-order chi connectivity index (χ0) is 22.5. The summed E-state index contributed by atoms with van der Waals surface area (Å²) >= 11 is 0. The van der Waals surface area contributed by atoms with Gasteiger partial charge in [-0.1, -0.05) is 42.5 Å². The number of ether oxygens (including phenoxy) is 2. The van der Waals surface area contributed by atoms with Crippen molar-refractivity contribution >= 4 is 22.8 Å². The molecule has 1 aliphatic rings. The van der Waals surface area contributed by atoms with Crippen LogP contribution in [0.15, 0.2) is 42.5 Å². The van der Waals surface area contributed by atoms with Crippen molar-refractivity contribution in [1.82, 2.24) is 10.0 Å². The first-order valence-corrected chi connectivity index (χ1v) is 11.2. The molecular formula is C25H34N2O4. The van der Waals surface area contributed by atoms with Gasteiger partial charge in [0.05, 0.1) is 19.1 Å². The van der Waals surface area contributed by atoms with Crippen LogP contribution in [-0.2, 0) is 20.7 Å². The maximum absolute atomic E-state index is 12.8. The fourth-order valence-corrected chi connectivity index (χ4v) is 4.43. The molecule has 1 amide bonds. The zero-order valence-electron chi connectivity index (χ0n) is 19.2. The third-order valence-corrected chi connectivity index (χ3v) is 5.64. The first-order chi connectivity index (χ1) is 14.8. The Bertz CT molecular complexity index is 911. The molecule has 2 aromatic carbocycles. The van der Waals surface area contributed by atoms with E-state index in [0.29, 0.717) is 13.2 Å². The molecule has 1 saturated heterocycles. The SMILES string of the molecule is CCOC(=O)C[C@H]1CN(C(=O)OC(C)C)N(C(C)C)[C@@H]1Cc1ccc2ccccc2c1. The van der Waals surface area contributed by atoms with E-state index in [1.165, 1.54) is 16.3 Å². The first-order valence-electron chi connectivity index (χ1n) is 11.2. The molecule has 0 saturated carbocycles. The van der Waals surface area contributed by atoms with E-state index in [0.717, 1.165) is 6.42 Å². The summed E-state index contributed by atoms with van der Waals surface area (Å²) < 4.78 is 10.7. The normalized spacial score (nSPS) is 19.4. The molecular weight excluding hydrogens is 392 g/mol. The van der Waals surface area contributed by atoms with Gasteiger partial charge in [-0.2, -0.15) is 0 Å². The summed E-state index contributed by atoms with van der Waals surface area (Å²) in [7, 11) is 0. The van der Waals surface area contributed by atoms with Crippen LogP contribution in [0.4, 0.5) is 4.79 Å². The van der Waals surface area contributed by atoms with Crippen molar-refractivity contribution in [1.29, 1.82) is 0 Å². The first kappa shape index (κ1) is 23.1. The number of fused-ring (bicyclic) bond motifs is 1. The predicted molar refractivity (Wildman–Crippen MR) is 121 cm³/mol. The Morgan fingerprint density at radius 3 is 2.42 bits per heavy atom. The minimum atomic E-state index is -0.362. The number of esters is 1. The van der Waals surface area contributed by atoms with Gasteiger partial charge in [0.15, 0.2) is 0 Å². The number of nitrogens with zero attached hydrogens (tertiary/aromatic N) is 2. The quantitative estimate of drug-likeness (QED) is 0.595. The predicted octanol–water partition coefficient (Wildman–Crippen LogP) is 4.81. The van der Waals surface area contributed by atoms with Gasteiger partial charge in [0.1, 0.15) is 0 Å². The average Bonchev–Trinajstić information content (AvgIpc) is 3.06. The fourth-order valence-electron chi connectivity index (χ4n) is 4.43. The molecule has 3 rings (SSSR count). The number of hydrogen-bond donors (Lipinski definition) is 0. The van der Waals surface area contributed by atoms with Gasteiger partial charge in [-0.15, -0.1) is 0 Å². The van der Waals surface area contributed by atoms with Crippen molar-refractivity contribution in [2.75, 3.05) is 13.2 Å². The van der Waals surface area contributed by atoms with Gasteiger partial charge in [-0.3, -0.25) is 4.79 Å². The Morgan fingerprint density at radius 2 is 1.77 bits per heavy atom. The molecule has 1 fully saturated rings. The van der Waals surface area contributed by atoms with E-state index in [2.05, 4.69) is 49.2 Å². The van der Waals surface area contributed by atoms with Crippen LogP contribution in [0.5, 0.6) is 0 Å². The minimum absolute atomic E-state index is 0.00900. The molecule has 2 aromatic rings. The van der Waals surface area contributed by atoms with Crippen molar-refractivity contribution in [3.63, 3.8) is 0 Å². The second-order valence-corrected chi connectivity index (χ2v) is 8.71. The molecule has 1 heterocycles. The van der Waals surface area contributed by atoms with E-state index in [9.17, 15) is 9.59 Å². The van der Waals surface area contributed by atoms with E-state index in [1.807, 2.05) is 32.9 Å². The molecule has 168 valence electrons. The molecule has 0 aromatic heterocycles. The van der Waals surface area contributed by atoms with Crippen molar-refractivity contribution in [3.8, 4) is 0 Å². The average molecular weight is 427 g/mol. The zero-order valence-corrected chi connectivity index (χ0v) is 19.2. The van der Waals surface area contributed by atoms with Crippen molar-refractivity contribution in [2.24, 2.45) is 5.92 Å². The monoisotopic (exact) mass is 426 g/mol. The second kappa shape index (κ2) is 10.1. The van der Waals surface area contributed by atoms with Crippen LogP contribution in [0.3, 0.4) is 0 Å². The topological polar surface area (TPSA) is 59.1 Å². The summed E-state index contributed by atoms with van der Waals surface area (Å²) in [6.45, 7) is 10.4. The van der Waals surface area contributed by atoms with Crippen LogP contribution in [0.2, 0.25) is 0 Å². The van der Waals surface area contributed by atoms with E-state index in [-0.39, 0.29) is 42.6 Å². The molecule has 0 bridgehead atoms. The van der Waals surface area contributed by atoms with Crippen LogP contribution < -0.4 is 0 Å². The van der Waals surface area contributed by atoms with Crippen LogP contribution in [0, 0.1) is 5.92 Å². The number of carbonyl (C=O) groups excluding carboxylic acids is 2. The molecule has 31 heavy (non-hydrogen) atoms.